The van der Waals surface area contributed by atoms with Gasteiger partial charge in [0.25, 0.3) is 0 Å². The van der Waals surface area contributed by atoms with Gasteiger partial charge in [-0.15, -0.1) is 0 Å². The summed E-state index contributed by atoms with van der Waals surface area (Å²) in [6.45, 7) is 0. The van der Waals surface area contributed by atoms with Crippen molar-refractivity contribution in [3.05, 3.63) is 42.2 Å². The molecule has 0 N–H and O–H groups in total. The van der Waals surface area contributed by atoms with Crippen molar-refractivity contribution in [1.82, 2.24) is 5.16 Å². The van der Waals surface area contributed by atoms with Crippen LogP contribution in [0.1, 0.15) is 44.3 Å². The van der Waals surface area contributed by atoms with Crippen molar-refractivity contribution in [2.24, 2.45) is 17.8 Å². The van der Waals surface area contributed by atoms with Crippen molar-refractivity contribution >= 4 is 0 Å². The Hall–Kier alpha value is -1.57. The molecule has 0 saturated heterocycles. The zero-order valence-corrected chi connectivity index (χ0v) is 12.3. The van der Waals surface area contributed by atoms with Gasteiger partial charge in [0.15, 0.2) is 0 Å². The van der Waals surface area contributed by atoms with Crippen molar-refractivity contribution in [2.75, 3.05) is 0 Å². The molecule has 0 amide bonds. The van der Waals surface area contributed by atoms with Gasteiger partial charge >= 0.3 is 0 Å². The Morgan fingerprint density at radius 2 is 1.52 bits per heavy atom. The molecule has 1 aromatic heterocycles. The highest BCUT2D eigenvalue weighted by atomic mass is 16.5. The van der Waals surface area contributed by atoms with Gasteiger partial charge in [-0.05, 0) is 56.3 Å². The van der Waals surface area contributed by atoms with E-state index in [4.69, 9.17) is 4.52 Å². The third-order valence-electron chi connectivity index (χ3n) is 6.14. The van der Waals surface area contributed by atoms with E-state index in [1.54, 1.807) is 0 Å². The second-order valence-electron chi connectivity index (χ2n) is 7.64. The van der Waals surface area contributed by atoms with E-state index in [-0.39, 0.29) is 0 Å². The monoisotopic (exact) mass is 279 g/mol. The number of benzene rings is 1. The molecule has 108 valence electrons. The lowest BCUT2D eigenvalue weighted by molar-refractivity contribution is -0.0175. The molecule has 2 heteroatoms. The predicted molar refractivity (Wildman–Crippen MR) is 81.8 cm³/mol. The van der Waals surface area contributed by atoms with Gasteiger partial charge in [0, 0.05) is 17.0 Å². The summed E-state index contributed by atoms with van der Waals surface area (Å²) in [5.41, 5.74) is 2.48. The highest BCUT2D eigenvalue weighted by Gasteiger charge is 2.53. The molecule has 2 nitrogen and oxygen atoms in total. The average Bonchev–Trinajstić information content (AvgIpc) is 2.97. The summed E-state index contributed by atoms with van der Waals surface area (Å²) >= 11 is 0. The van der Waals surface area contributed by atoms with E-state index in [9.17, 15) is 0 Å². The fourth-order valence-electron chi connectivity index (χ4n) is 5.68. The molecule has 1 heterocycles. The third kappa shape index (κ3) is 1.81. The van der Waals surface area contributed by atoms with Gasteiger partial charge in [0.1, 0.15) is 11.5 Å². The molecule has 0 atom stereocenters. The minimum absolute atomic E-state index is 0.314. The molecule has 0 unspecified atom stereocenters. The van der Waals surface area contributed by atoms with Crippen LogP contribution in [0.4, 0.5) is 0 Å². The first-order valence-corrected chi connectivity index (χ1v) is 8.33. The Morgan fingerprint density at radius 1 is 0.905 bits per heavy atom. The van der Waals surface area contributed by atoms with Crippen LogP contribution in [0.15, 0.2) is 40.9 Å². The summed E-state index contributed by atoms with van der Waals surface area (Å²) in [5, 5.41) is 4.37. The van der Waals surface area contributed by atoms with Gasteiger partial charge in [-0.3, -0.25) is 0 Å². The van der Waals surface area contributed by atoms with Crippen LogP contribution < -0.4 is 0 Å². The normalized spacial score (nSPS) is 37.0. The summed E-state index contributed by atoms with van der Waals surface area (Å²) in [6, 6.07) is 12.6. The molecule has 4 saturated carbocycles. The number of rotatable bonds is 2. The molecule has 4 aliphatic rings. The van der Waals surface area contributed by atoms with Gasteiger partial charge < -0.3 is 4.52 Å². The van der Waals surface area contributed by atoms with E-state index in [1.165, 1.54) is 44.3 Å². The standard InChI is InChI=1S/C19H21NO/c1-2-4-16(5-3-1)17-9-18(21-20-17)19-10-13-6-14(11-19)8-15(7-13)12-19/h1-5,9,13-15H,6-8,10-12H2. The predicted octanol–water partition coefficient (Wildman–Crippen LogP) is 4.81. The lowest BCUT2D eigenvalue weighted by Crippen LogP contribution is -2.48. The molecular formula is C19H21NO. The average molecular weight is 279 g/mol. The summed E-state index contributed by atoms with van der Waals surface area (Å²) in [6.07, 6.45) is 8.42. The van der Waals surface area contributed by atoms with Crippen LogP contribution in [0.25, 0.3) is 11.3 Å². The second-order valence-corrected chi connectivity index (χ2v) is 7.64. The number of hydrogen-bond donors (Lipinski definition) is 0. The number of nitrogens with zero attached hydrogens (tertiary/aromatic N) is 1. The third-order valence-corrected chi connectivity index (χ3v) is 6.14. The molecular weight excluding hydrogens is 258 g/mol. The lowest BCUT2D eigenvalue weighted by Gasteiger charge is -2.55. The largest absolute Gasteiger partial charge is 0.360 e. The Morgan fingerprint density at radius 3 is 2.14 bits per heavy atom. The molecule has 4 fully saturated rings. The maximum absolute atomic E-state index is 5.85. The maximum Gasteiger partial charge on any atom is 0.143 e. The number of hydrogen-bond acceptors (Lipinski definition) is 2. The minimum atomic E-state index is 0.314. The molecule has 6 rings (SSSR count). The van der Waals surface area contributed by atoms with E-state index in [0.717, 1.165) is 29.0 Å². The number of aromatic nitrogens is 1. The molecule has 2 aromatic rings. The lowest BCUT2D eigenvalue weighted by atomic mass is 9.49. The van der Waals surface area contributed by atoms with Crippen LogP contribution in [-0.4, -0.2) is 5.16 Å². The van der Waals surface area contributed by atoms with Crippen molar-refractivity contribution in [3.63, 3.8) is 0 Å². The van der Waals surface area contributed by atoms with E-state index in [0.29, 0.717) is 5.41 Å². The summed E-state index contributed by atoms with van der Waals surface area (Å²) < 4.78 is 5.85. The zero-order chi connectivity index (χ0) is 13.9. The van der Waals surface area contributed by atoms with Crippen LogP contribution >= 0.6 is 0 Å². The van der Waals surface area contributed by atoms with E-state index < -0.39 is 0 Å². The Kier molecular flexibility index (Phi) is 2.42. The van der Waals surface area contributed by atoms with Gasteiger partial charge in [0.05, 0.1) is 0 Å². The van der Waals surface area contributed by atoms with Crippen LogP contribution in [0, 0.1) is 17.8 Å². The first-order valence-electron chi connectivity index (χ1n) is 8.33. The van der Waals surface area contributed by atoms with E-state index >= 15 is 0 Å². The summed E-state index contributed by atoms with van der Waals surface area (Å²) in [4.78, 5) is 0. The van der Waals surface area contributed by atoms with Gasteiger partial charge in [0.2, 0.25) is 0 Å². The fraction of sp³-hybridized carbons (Fsp3) is 0.526. The topological polar surface area (TPSA) is 26.0 Å². The molecule has 4 aliphatic carbocycles. The van der Waals surface area contributed by atoms with E-state index in [2.05, 4.69) is 35.5 Å². The quantitative estimate of drug-likeness (QED) is 0.788. The van der Waals surface area contributed by atoms with Crippen molar-refractivity contribution in [1.29, 1.82) is 0 Å². The van der Waals surface area contributed by atoms with Crippen molar-refractivity contribution in [2.45, 2.75) is 43.9 Å². The summed E-state index contributed by atoms with van der Waals surface area (Å²) in [5.74, 6) is 4.00. The Balaban J connectivity index is 1.52. The van der Waals surface area contributed by atoms with Crippen LogP contribution in [-0.2, 0) is 5.41 Å². The van der Waals surface area contributed by atoms with E-state index in [1.807, 2.05) is 6.07 Å². The smallest absolute Gasteiger partial charge is 0.143 e. The first-order chi connectivity index (χ1) is 10.3. The molecule has 21 heavy (non-hydrogen) atoms. The van der Waals surface area contributed by atoms with Crippen LogP contribution in [0.5, 0.6) is 0 Å². The van der Waals surface area contributed by atoms with Crippen LogP contribution in [0.3, 0.4) is 0 Å². The van der Waals surface area contributed by atoms with Gasteiger partial charge in [-0.1, -0.05) is 35.5 Å². The minimum Gasteiger partial charge on any atom is -0.360 e. The molecule has 0 radical (unpaired) electrons. The van der Waals surface area contributed by atoms with Gasteiger partial charge in [-0.2, -0.15) is 0 Å². The highest BCUT2D eigenvalue weighted by molar-refractivity contribution is 5.58. The molecule has 4 bridgehead atoms. The highest BCUT2D eigenvalue weighted by Crippen LogP contribution is 2.60. The molecule has 0 spiro atoms. The Bertz CT molecular complexity index is 622. The van der Waals surface area contributed by atoms with Gasteiger partial charge in [-0.25, -0.2) is 0 Å². The van der Waals surface area contributed by atoms with Crippen molar-refractivity contribution in [3.8, 4) is 11.3 Å². The van der Waals surface area contributed by atoms with Crippen molar-refractivity contribution < 1.29 is 4.52 Å². The summed E-state index contributed by atoms with van der Waals surface area (Å²) in [7, 11) is 0. The Labute approximate surface area is 125 Å². The second kappa shape index (κ2) is 4.22. The fourth-order valence-corrected chi connectivity index (χ4v) is 5.68. The first kappa shape index (κ1) is 12.0. The molecule has 1 aromatic carbocycles. The van der Waals surface area contributed by atoms with Crippen LogP contribution in [0.2, 0.25) is 0 Å². The zero-order valence-electron chi connectivity index (χ0n) is 12.3. The SMILES string of the molecule is c1ccc(-c2cc(C34CC5CC(CC(C5)C3)C4)on2)cc1. The maximum atomic E-state index is 5.85. The molecule has 0 aliphatic heterocycles.